The Bertz CT molecular complexity index is 485. The maximum atomic E-state index is 10.6. The molecule has 2 rings (SSSR count). The SMILES string of the molecule is CCOC1CC(NCCc2ccc([N+](=O)[O-])cc2)C1(C)C. The highest BCUT2D eigenvalue weighted by Gasteiger charge is 2.48. The Labute approximate surface area is 125 Å². The van der Waals surface area contributed by atoms with Crippen LogP contribution in [0.15, 0.2) is 24.3 Å². The van der Waals surface area contributed by atoms with Crippen LogP contribution >= 0.6 is 0 Å². The molecule has 5 heteroatoms. The van der Waals surface area contributed by atoms with Gasteiger partial charge in [-0.2, -0.15) is 0 Å². The Balaban J connectivity index is 1.76. The standard InChI is InChI=1S/C16H24N2O3/c1-4-21-15-11-14(16(15,2)3)17-10-9-12-5-7-13(8-6-12)18(19)20/h5-8,14-15,17H,4,9-11H2,1-3H3. The van der Waals surface area contributed by atoms with Crippen molar-refractivity contribution >= 4 is 5.69 Å². The Kier molecular flexibility index (Phi) is 4.96. The van der Waals surface area contributed by atoms with Crippen LogP contribution in [0, 0.1) is 15.5 Å². The number of nitro groups is 1. The number of hydrogen-bond donors (Lipinski definition) is 1. The minimum Gasteiger partial charge on any atom is -0.378 e. The van der Waals surface area contributed by atoms with Gasteiger partial charge in [0.15, 0.2) is 0 Å². The molecule has 0 spiro atoms. The van der Waals surface area contributed by atoms with Gasteiger partial charge in [0, 0.05) is 30.2 Å². The lowest BCUT2D eigenvalue weighted by atomic mass is 9.64. The molecule has 1 aliphatic rings. The van der Waals surface area contributed by atoms with E-state index in [1.165, 1.54) is 0 Å². The number of nitrogens with one attached hydrogen (secondary N) is 1. The quantitative estimate of drug-likeness (QED) is 0.620. The monoisotopic (exact) mass is 292 g/mol. The minimum atomic E-state index is -0.368. The van der Waals surface area contributed by atoms with E-state index >= 15 is 0 Å². The van der Waals surface area contributed by atoms with Crippen LogP contribution in [0.5, 0.6) is 0 Å². The highest BCUT2D eigenvalue weighted by molar-refractivity contribution is 5.32. The molecule has 1 fully saturated rings. The lowest BCUT2D eigenvalue weighted by Crippen LogP contribution is -2.61. The van der Waals surface area contributed by atoms with Crippen LogP contribution in [-0.2, 0) is 11.2 Å². The number of hydrogen-bond acceptors (Lipinski definition) is 4. The van der Waals surface area contributed by atoms with E-state index in [1.54, 1.807) is 12.1 Å². The summed E-state index contributed by atoms with van der Waals surface area (Å²) in [4.78, 5) is 10.2. The van der Waals surface area contributed by atoms with Crippen LogP contribution in [0.25, 0.3) is 0 Å². The van der Waals surface area contributed by atoms with Crippen molar-refractivity contribution in [1.82, 2.24) is 5.32 Å². The van der Waals surface area contributed by atoms with Gasteiger partial charge in [0.25, 0.3) is 5.69 Å². The Morgan fingerprint density at radius 1 is 1.38 bits per heavy atom. The summed E-state index contributed by atoms with van der Waals surface area (Å²) in [6.45, 7) is 8.15. The van der Waals surface area contributed by atoms with Crippen molar-refractivity contribution in [1.29, 1.82) is 0 Å². The van der Waals surface area contributed by atoms with Crippen LogP contribution in [0.1, 0.15) is 32.8 Å². The summed E-state index contributed by atoms with van der Waals surface area (Å²) < 4.78 is 5.72. The van der Waals surface area contributed by atoms with Gasteiger partial charge in [-0.25, -0.2) is 0 Å². The second-order valence-electron chi connectivity index (χ2n) is 6.18. The Morgan fingerprint density at radius 3 is 2.57 bits per heavy atom. The van der Waals surface area contributed by atoms with Gasteiger partial charge in [-0.3, -0.25) is 10.1 Å². The topological polar surface area (TPSA) is 64.4 Å². The Morgan fingerprint density at radius 2 is 2.05 bits per heavy atom. The third kappa shape index (κ3) is 3.60. The summed E-state index contributed by atoms with van der Waals surface area (Å²) in [5.41, 5.74) is 1.43. The molecule has 1 saturated carbocycles. The average molecular weight is 292 g/mol. The maximum Gasteiger partial charge on any atom is 0.269 e. The second-order valence-corrected chi connectivity index (χ2v) is 6.18. The summed E-state index contributed by atoms with van der Waals surface area (Å²) in [6.07, 6.45) is 2.28. The maximum absolute atomic E-state index is 10.6. The van der Waals surface area contributed by atoms with E-state index in [0.29, 0.717) is 12.1 Å². The summed E-state index contributed by atoms with van der Waals surface area (Å²) >= 11 is 0. The van der Waals surface area contributed by atoms with Gasteiger partial charge in [0.2, 0.25) is 0 Å². The van der Waals surface area contributed by atoms with Gasteiger partial charge in [0.05, 0.1) is 11.0 Å². The molecule has 0 saturated heterocycles. The van der Waals surface area contributed by atoms with Crippen molar-refractivity contribution in [3.05, 3.63) is 39.9 Å². The highest BCUT2D eigenvalue weighted by Crippen LogP contribution is 2.42. The number of benzene rings is 1. The molecule has 0 aliphatic heterocycles. The van der Waals surface area contributed by atoms with Gasteiger partial charge in [0.1, 0.15) is 0 Å². The lowest BCUT2D eigenvalue weighted by molar-refractivity contribution is -0.384. The molecule has 1 N–H and O–H groups in total. The molecule has 0 amide bonds. The summed E-state index contributed by atoms with van der Waals surface area (Å²) in [6, 6.07) is 7.26. The van der Waals surface area contributed by atoms with E-state index in [4.69, 9.17) is 4.74 Å². The molecule has 0 radical (unpaired) electrons. The summed E-state index contributed by atoms with van der Waals surface area (Å²) in [5.74, 6) is 0. The van der Waals surface area contributed by atoms with Gasteiger partial charge in [-0.15, -0.1) is 0 Å². The lowest BCUT2D eigenvalue weighted by Gasteiger charge is -2.52. The van der Waals surface area contributed by atoms with E-state index in [0.717, 1.165) is 31.6 Å². The molecule has 2 unspecified atom stereocenters. The van der Waals surface area contributed by atoms with Crippen LogP contribution in [0.2, 0.25) is 0 Å². The average Bonchev–Trinajstić information content (AvgIpc) is 2.46. The first-order valence-corrected chi connectivity index (χ1v) is 7.53. The fourth-order valence-corrected chi connectivity index (χ4v) is 2.89. The van der Waals surface area contributed by atoms with Crippen LogP contribution in [0.3, 0.4) is 0 Å². The number of non-ortho nitro benzene ring substituents is 1. The fourth-order valence-electron chi connectivity index (χ4n) is 2.89. The smallest absolute Gasteiger partial charge is 0.269 e. The van der Waals surface area contributed by atoms with E-state index in [1.807, 2.05) is 19.1 Å². The molecule has 0 bridgehead atoms. The number of rotatable bonds is 7. The van der Waals surface area contributed by atoms with E-state index in [9.17, 15) is 10.1 Å². The van der Waals surface area contributed by atoms with Crippen molar-refractivity contribution in [2.45, 2.75) is 45.8 Å². The van der Waals surface area contributed by atoms with Crippen LogP contribution in [0.4, 0.5) is 5.69 Å². The summed E-state index contributed by atoms with van der Waals surface area (Å²) in [5, 5.41) is 14.2. The first kappa shape index (κ1) is 15.9. The zero-order valence-corrected chi connectivity index (χ0v) is 13.0. The molecule has 21 heavy (non-hydrogen) atoms. The molecule has 0 heterocycles. The van der Waals surface area contributed by atoms with Crippen LogP contribution < -0.4 is 5.32 Å². The number of nitro benzene ring substituents is 1. The van der Waals surface area contributed by atoms with Crippen molar-refractivity contribution in [3.8, 4) is 0 Å². The molecule has 1 aromatic rings. The third-order valence-corrected chi connectivity index (χ3v) is 4.50. The van der Waals surface area contributed by atoms with Crippen molar-refractivity contribution < 1.29 is 9.66 Å². The molecular weight excluding hydrogens is 268 g/mol. The molecular formula is C16H24N2O3. The molecule has 116 valence electrons. The predicted molar refractivity (Wildman–Crippen MR) is 82.4 cm³/mol. The molecule has 5 nitrogen and oxygen atoms in total. The normalized spacial score (nSPS) is 23.6. The van der Waals surface area contributed by atoms with Gasteiger partial charge < -0.3 is 10.1 Å². The van der Waals surface area contributed by atoms with Crippen LogP contribution in [-0.4, -0.2) is 30.2 Å². The first-order valence-electron chi connectivity index (χ1n) is 7.53. The molecule has 0 aromatic heterocycles. The zero-order chi connectivity index (χ0) is 15.5. The number of ether oxygens (including phenoxy) is 1. The van der Waals surface area contributed by atoms with E-state index < -0.39 is 0 Å². The first-order chi connectivity index (χ1) is 9.95. The minimum absolute atomic E-state index is 0.145. The number of nitrogens with zero attached hydrogens (tertiary/aromatic N) is 1. The van der Waals surface area contributed by atoms with Crippen molar-refractivity contribution in [3.63, 3.8) is 0 Å². The van der Waals surface area contributed by atoms with Crippen molar-refractivity contribution in [2.24, 2.45) is 5.41 Å². The highest BCUT2D eigenvalue weighted by atomic mass is 16.6. The van der Waals surface area contributed by atoms with E-state index in [-0.39, 0.29) is 16.0 Å². The predicted octanol–water partition coefficient (Wildman–Crippen LogP) is 2.93. The summed E-state index contributed by atoms with van der Waals surface area (Å²) in [7, 11) is 0. The second kappa shape index (κ2) is 6.54. The molecule has 1 aromatic carbocycles. The molecule has 1 aliphatic carbocycles. The van der Waals surface area contributed by atoms with E-state index in [2.05, 4.69) is 19.2 Å². The van der Waals surface area contributed by atoms with Gasteiger partial charge in [-0.1, -0.05) is 26.0 Å². The fraction of sp³-hybridized carbons (Fsp3) is 0.625. The third-order valence-electron chi connectivity index (χ3n) is 4.50. The van der Waals surface area contributed by atoms with Gasteiger partial charge >= 0.3 is 0 Å². The zero-order valence-electron chi connectivity index (χ0n) is 13.0. The Hall–Kier alpha value is -1.46. The molecule has 2 atom stereocenters. The van der Waals surface area contributed by atoms with Gasteiger partial charge in [-0.05, 0) is 31.9 Å². The largest absolute Gasteiger partial charge is 0.378 e. The van der Waals surface area contributed by atoms with Crippen molar-refractivity contribution in [2.75, 3.05) is 13.2 Å².